The predicted octanol–water partition coefficient (Wildman–Crippen LogP) is 3.23. The van der Waals surface area contributed by atoms with Gasteiger partial charge in [-0.25, -0.2) is 0 Å². The molecule has 1 aromatic rings. The number of benzene rings is 1. The zero-order valence-electron chi connectivity index (χ0n) is 9.46. The third kappa shape index (κ3) is 1.44. The Morgan fingerprint density at radius 1 is 1.06 bits per heavy atom. The van der Waals surface area contributed by atoms with Crippen LogP contribution in [0.3, 0.4) is 0 Å². The van der Waals surface area contributed by atoms with E-state index in [1.54, 1.807) is 0 Å². The number of carbonyl (C=O) groups is 1. The number of anilines is 1. The molecule has 0 radical (unpaired) electrons. The zero-order valence-corrected chi connectivity index (χ0v) is 9.46. The predicted molar refractivity (Wildman–Crippen MR) is 64.5 cm³/mol. The van der Waals surface area contributed by atoms with Crippen LogP contribution >= 0.6 is 0 Å². The minimum Gasteiger partial charge on any atom is -0.326 e. The van der Waals surface area contributed by atoms with Gasteiger partial charge in [-0.05, 0) is 36.3 Å². The molecule has 0 atom stereocenters. The summed E-state index contributed by atoms with van der Waals surface area (Å²) in [6, 6.07) is 8.34. The molecule has 1 spiro atoms. The Morgan fingerprint density at radius 3 is 2.62 bits per heavy atom. The van der Waals surface area contributed by atoms with E-state index in [-0.39, 0.29) is 11.3 Å². The average molecular weight is 215 g/mol. The molecule has 3 rings (SSSR count). The van der Waals surface area contributed by atoms with E-state index in [0.29, 0.717) is 6.42 Å². The van der Waals surface area contributed by atoms with Gasteiger partial charge in [-0.3, -0.25) is 4.79 Å². The average Bonchev–Trinajstić information content (AvgIpc) is 2.71. The van der Waals surface area contributed by atoms with E-state index in [0.717, 1.165) is 12.1 Å². The van der Waals surface area contributed by atoms with Crippen molar-refractivity contribution in [1.29, 1.82) is 0 Å². The number of fused-ring (bicyclic) bond motifs is 2. The first-order valence-corrected chi connectivity index (χ1v) is 6.20. The van der Waals surface area contributed by atoms with Crippen molar-refractivity contribution in [2.45, 2.75) is 43.9 Å². The number of carbonyl (C=O) groups excluding carboxylic acids is 1. The van der Waals surface area contributed by atoms with Crippen molar-refractivity contribution in [2.75, 3.05) is 5.32 Å². The molecule has 0 bridgehead atoms. The van der Waals surface area contributed by atoms with Gasteiger partial charge in [0, 0.05) is 12.1 Å². The van der Waals surface area contributed by atoms with Crippen molar-refractivity contribution < 1.29 is 4.79 Å². The number of nitrogens with one attached hydrogen (secondary N) is 1. The summed E-state index contributed by atoms with van der Waals surface area (Å²) in [6.07, 6.45) is 6.81. The lowest BCUT2D eigenvalue weighted by Crippen LogP contribution is -2.21. The van der Waals surface area contributed by atoms with E-state index >= 15 is 0 Å². The van der Waals surface area contributed by atoms with Crippen LogP contribution in [0.5, 0.6) is 0 Å². The van der Waals surface area contributed by atoms with E-state index in [1.807, 2.05) is 12.1 Å². The monoisotopic (exact) mass is 215 g/mol. The van der Waals surface area contributed by atoms with E-state index in [4.69, 9.17) is 0 Å². The lowest BCUT2D eigenvalue weighted by molar-refractivity contribution is -0.116. The molecular formula is C14H17NO. The van der Waals surface area contributed by atoms with Crippen molar-refractivity contribution in [1.82, 2.24) is 0 Å². The highest BCUT2D eigenvalue weighted by Crippen LogP contribution is 2.48. The SMILES string of the molecule is O=C1CCC2(CCCC2)c2ccccc2N1. The van der Waals surface area contributed by atoms with Gasteiger partial charge in [0.2, 0.25) is 5.91 Å². The first-order valence-electron chi connectivity index (χ1n) is 6.20. The molecule has 0 unspecified atom stereocenters. The molecule has 1 aliphatic carbocycles. The third-order valence-corrected chi connectivity index (χ3v) is 4.16. The van der Waals surface area contributed by atoms with E-state index in [2.05, 4.69) is 17.4 Å². The quantitative estimate of drug-likeness (QED) is 0.707. The summed E-state index contributed by atoms with van der Waals surface area (Å²) < 4.78 is 0. The summed E-state index contributed by atoms with van der Waals surface area (Å²) in [5, 5.41) is 3.03. The summed E-state index contributed by atoms with van der Waals surface area (Å²) in [6.45, 7) is 0. The Hall–Kier alpha value is -1.31. The second kappa shape index (κ2) is 3.62. The molecule has 2 nitrogen and oxygen atoms in total. The molecule has 2 aliphatic rings. The summed E-state index contributed by atoms with van der Waals surface area (Å²) >= 11 is 0. The summed E-state index contributed by atoms with van der Waals surface area (Å²) in [5.74, 6) is 0.177. The Balaban J connectivity index is 2.11. The smallest absolute Gasteiger partial charge is 0.224 e. The Morgan fingerprint density at radius 2 is 1.81 bits per heavy atom. The van der Waals surface area contributed by atoms with Gasteiger partial charge in [-0.1, -0.05) is 31.0 Å². The molecule has 0 saturated heterocycles. The first kappa shape index (κ1) is 9.88. The second-order valence-corrected chi connectivity index (χ2v) is 5.08. The number of hydrogen-bond donors (Lipinski definition) is 1. The summed E-state index contributed by atoms with van der Waals surface area (Å²) in [4.78, 5) is 11.7. The van der Waals surface area contributed by atoms with E-state index in [1.165, 1.54) is 31.2 Å². The molecule has 84 valence electrons. The molecule has 1 aliphatic heterocycles. The molecule has 1 aromatic carbocycles. The fraction of sp³-hybridized carbons (Fsp3) is 0.500. The van der Waals surface area contributed by atoms with Crippen molar-refractivity contribution in [3.63, 3.8) is 0 Å². The topological polar surface area (TPSA) is 29.1 Å². The Kier molecular flexibility index (Phi) is 2.23. The molecule has 1 saturated carbocycles. The van der Waals surface area contributed by atoms with Crippen LogP contribution in [-0.2, 0) is 10.2 Å². The highest BCUT2D eigenvalue weighted by atomic mass is 16.1. The minimum atomic E-state index is 0.177. The van der Waals surface area contributed by atoms with Gasteiger partial charge in [0.25, 0.3) is 0 Å². The number of rotatable bonds is 0. The van der Waals surface area contributed by atoms with E-state index < -0.39 is 0 Å². The lowest BCUT2D eigenvalue weighted by Gasteiger charge is -2.28. The first-order chi connectivity index (χ1) is 7.80. The van der Waals surface area contributed by atoms with E-state index in [9.17, 15) is 4.79 Å². The zero-order chi connectivity index (χ0) is 11.0. The number of amides is 1. The molecule has 1 amide bonds. The van der Waals surface area contributed by atoms with Crippen molar-refractivity contribution in [2.24, 2.45) is 0 Å². The van der Waals surface area contributed by atoms with Gasteiger partial charge < -0.3 is 5.32 Å². The van der Waals surface area contributed by atoms with Crippen LogP contribution < -0.4 is 5.32 Å². The van der Waals surface area contributed by atoms with Crippen molar-refractivity contribution in [3.8, 4) is 0 Å². The lowest BCUT2D eigenvalue weighted by atomic mass is 9.75. The Labute approximate surface area is 96.1 Å². The normalized spacial score (nSPS) is 22.6. The van der Waals surface area contributed by atoms with Gasteiger partial charge in [0.1, 0.15) is 0 Å². The maximum atomic E-state index is 11.7. The van der Waals surface area contributed by atoms with Crippen LogP contribution in [0.2, 0.25) is 0 Å². The third-order valence-electron chi connectivity index (χ3n) is 4.16. The Bertz CT molecular complexity index is 418. The van der Waals surface area contributed by atoms with Crippen molar-refractivity contribution >= 4 is 11.6 Å². The van der Waals surface area contributed by atoms with Crippen molar-refractivity contribution in [3.05, 3.63) is 29.8 Å². The number of hydrogen-bond acceptors (Lipinski definition) is 1. The molecule has 1 heterocycles. The number of para-hydroxylation sites is 1. The molecule has 1 fully saturated rings. The van der Waals surface area contributed by atoms with Gasteiger partial charge in [-0.2, -0.15) is 0 Å². The fourth-order valence-electron chi connectivity index (χ4n) is 3.33. The molecule has 16 heavy (non-hydrogen) atoms. The van der Waals surface area contributed by atoms with Crippen LogP contribution in [0.25, 0.3) is 0 Å². The van der Waals surface area contributed by atoms with Crippen LogP contribution in [0, 0.1) is 0 Å². The summed E-state index contributed by atoms with van der Waals surface area (Å²) in [7, 11) is 0. The van der Waals surface area contributed by atoms with Gasteiger partial charge >= 0.3 is 0 Å². The maximum absolute atomic E-state index is 11.7. The second-order valence-electron chi connectivity index (χ2n) is 5.08. The largest absolute Gasteiger partial charge is 0.326 e. The van der Waals surface area contributed by atoms with Gasteiger partial charge in [0.15, 0.2) is 0 Å². The fourth-order valence-corrected chi connectivity index (χ4v) is 3.33. The maximum Gasteiger partial charge on any atom is 0.224 e. The molecular weight excluding hydrogens is 198 g/mol. The highest BCUT2D eigenvalue weighted by Gasteiger charge is 2.39. The highest BCUT2D eigenvalue weighted by molar-refractivity contribution is 5.92. The van der Waals surface area contributed by atoms with Crippen LogP contribution in [-0.4, -0.2) is 5.91 Å². The van der Waals surface area contributed by atoms with Crippen LogP contribution in [0.4, 0.5) is 5.69 Å². The summed E-state index contributed by atoms with van der Waals surface area (Å²) in [5.41, 5.74) is 2.71. The standard InChI is InChI=1S/C14H17NO/c16-13-7-10-14(8-3-4-9-14)11-5-1-2-6-12(11)15-13/h1-2,5-6H,3-4,7-10H2,(H,15,16). The van der Waals surface area contributed by atoms with Crippen LogP contribution in [0.1, 0.15) is 44.1 Å². The van der Waals surface area contributed by atoms with Crippen LogP contribution in [0.15, 0.2) is 24.3 Å². The minimum absolute atomic E-state index is 0.177. The molecule has 2 heteroatoms. The molecule has 1 N–H and O–H groups in total. The van der Waals surface area contributed by atoms with Gasteiger partial charge in [0.05, 0.1) is 0 Å². The van der Waals surface area contributed by atoms with Gasteiger partial charge in [-0.15, -0.1) is 0 Å². The molecule has 0 aromatic heterocycles.